The molecule has 0 aliphatic heterocycles. The second kappa shape index (κ2) is 4.57. The Bertz CT molecular complexity index is 431. The number of rotatable bonds is 5. The van der Waals surface area contributed by atoms with E-state index >= 15 is 0 Å². The van der Waals surface area contributed by atoms with Crippen LogP contribution in [0.15, 0.2) is 12.1 Å². The van der Waals surface area contributed by atoms with Crippen molar-refractivity contribution in [1.82, 2.24) is 4.98 Å². The lowest BCUT2D eigenvalue weighted by atomic mass is 10.3. The van der Waals surface area contributed by atoms with Gasteiger partial charge >= 0.3 is 5.69 Å². The normalized spacial score (nSPS) is 14.5. The monoisotopic (exact) mass is 236 g/mol. The molecule has 1 N–H and O–H groups in total. The molecule has 0 radical (unpaired) electrons. The summed E-state index contributed by atoms with van der Waals surface area (Å²) in [5.41, 5.74) is 0.0704. The van der Waals surface area contributed by atoms with E-state index in [2.05, 4.69) is 10.3 Å². The average Bonchev–Trinajstić information content (AvgIpc) is 3.12. The van der Waals surface area contributed by atoms with Crippen molar-refractivity contribution in [2.24, 2.45) is 0 Å². The third-order valence-corrected chi connectivity index (χ3v) is 2.84. The SMILES string of the molecule is CCNc1ccc([N+](=O)[O-])c(N(C)C2CC2)n1. The highest BCUT2D eigenvalue weighted by atomic mass is 16.6. The third-order valence-electron chi connectivity index (χ3n) is 2.84. The van der Waals surface area contributed by atoms with E-state index < -0.39 is 0 Å². The Hall–Kier alpha value is -1.85. The standard InChI is InChI=1S/C11H16N4O2/c1-3-12-10-7-6-9(15(16)17)11(13-10)14(2)8-4-5-8/h6-8H,3-5H2,1-2H3,(H,12,13). The lowest BCUT2D eigenvalue weighted by Crippen LogP contribution is -2.22. The second-order valence-corrected chi connectivity index (χ2v) is 4.17. The maximum Gasteiger partial charge on any atom is 0.311 e. The van der Waals surface area contributed by atoms with Crippen LogP contribution in [0.5, 0.6) is 0 Å². The molecule has 0 spiro atoms. The second-order valence-electron chi connectivity index (χ2n) is 4.17. The molecule has 1 aliphatic rings. The van der Waals surface area contributed by atoms with E-state index in [0.717, 1.165) is 19.4 Å². The first-order chi connectivity index (χ1) is 8.13. The predicted molar refractivity (Wildman–Crippen MR) is 66.5 cm³/mol. The first kappa shape index (κ1) is 11.6. The molecule has 1 aliphatic carbocycles. The van der Waals surface area contributed by atoms with E-state index in [-0.39, 0.29) is 10.6 Å². The molecule has 1 heterocycles. The minimum Gasteiger partial charge on any atom is -0.370 e. The molecule has 2 rings (SSSR count). The van der Waals surface area contributed by atoms with Crippen molar-refractivity contribution in [3.63, 3.8) is 0 Å². The van der Waals surface area contributed by atoms with E-state index in [1.54, 1.807) is 6.07 Å². The van der Waals surface area contributed by atoms with E-state index in [1.807, 2.05) is 18.9 Å². The first-order valence-electron chi connectivity index (χ1n) is 5.75. The maximum atomic E-state index is 11.0. The van der Waals surface area contributed by atoms with E-state index in [1.165, 1.54) is 6.07 Å². The summed E-state index contributed by atoms with van der Waals surface area (Å²) < 4.78 is 0. The summed E-state index contributed by atoms with van der Waals surface area (Å²) in [7, 11) is 1.86. The summed E-state index contributed by atoms with van der Waals surface area (Å²) in [5, 5.41) is 14.0. The summed E-state index contributed by atoms with van der Waals surface area (Å²) >= 11 is 0. The minimum absolute atomic E-state index is 0.0704. The van der Waals surface area contributed by atoms with Gasteiger partial charge in [-0.05, 0) is 25.8 Å². The van der Waals surface area contributed by atoms with Gasteiger partial charge in [0.25, 0.3) is 0 Å². The molecule has 0 saturated heterocycles. The Morgan fingerprint density at radius 1 is 1.59 bits per heavy atom. The van der Waals surface area contributed by atoms with Gasteiger partial charge in [0.05, 0.1) is 4.92 Å². The van der Waals surface area contributed by atoms with Crippen molar-refractivity contribution in [1.29, 1.82) is 0 Å². The smallest absolute Gasteiger partial charge is 0.311 e. The minimum atomic E-state index is -0.378. The topological polar surface area (TPSA) is 71.3 Å². The fourth-order valence-electron chi connectivity index (χ4n) is 1.76. The number of nitro groups is 1. The predicted octanol–water partition coefficient (Wildman–Crippen LogP) is 2.02. The molecule has 0 amide bonds. The molecular weight excluding hydrogens is 220 g/mol. The molecule has 6 nitrogen and oxygen atoms in total. The van der Waals surface area contributed by atoms with E-state index in [0.29, 0.717) is 17.7 Å². The molecule has 1 aromatic heterocycles. The van der Waals surface area contributed by atoms with Crippen LogP contribution in [0.2, 0.25) is 0 Å². The van der Waals surface area contributed by atoms with Gasteiger partial charge in [-0.3, -0.25) is 10.1 Å². The van der Waals surface area contributed by atoms with Crippen LogP contribution in [-0.2, 0) is 0 Å². The van der Waals surface area contributed by atoms with Gasteiger partial charge in [0.1, 0.15) is 5.82 Å². The number of anilines is 2. The number of hydrogen-bond acceptors (Lipinski definition) is 5. The van der Waals surface area contributed by atoms with Crippen LogP contribution >= 0.6 is 0 Å². The van der Waals surface area contributed by atoms with Crippen molar-refractivity contribution in [2.75, 3.05) is 23.8 Å². The van der Waals surface area contributed by atoms with E-state index in [9.17, 15) is 10.1 Å². The highest BCUT2D eigenvalue weighted by molar-refractivity contribution is 5.62. The lowest BCUT2D eigenvalue weighted by Gasteiger charge is -2.17. The van der Waals surface area contributed by atoms with Gasteiger partial charge in [-0.1, -0.05) is 0 Å². The zero-order valence-electron chi connectivity index (χ0n) is 10.0. The van der Waals surface area contributed by atoms with Gasteiger partial charge in [0.2, 0.25) is 5.82 Å². The van der Waals surface area contributed by atoms with Crippen LogP contribution in [0.1, 0.15) is 19.8 Å². The zero-order valence-corrected chi connectivity index (χ0v) is 10.0. The molecule has 0 atom stereocenters. The molecular formula is C11H16N4O2. The average molecular weight is 236 g/mol. The molecule has 0 unspecified atom stereocenters. The van der Waals surface area contributed by atoms with Crippen molar-refractivity contribution < 1.29 is 4.92 Å². The number of nitrogens with zero attached hydrogens (tertiary/aromatic N) is 3. The Kier molecular flexibility index (Phi) is 3.12. The van der Waals surface area contributed by atoms with Crippen molar-refractivity contribution >= 4 is 17.3 Å². The largest absolute Gasteiger partial charge is 0.370 e. The van der Waals surface area contributed by atoms with E-state index in [4.69, 9.17) is 0 Å². The molecule has 0 aromatic carbocycles. The summed E-state index contributed by atoms with van der Waals surface area (Å²) in [6.07, 6.45) is 2.17. The Morgan fingerprint density at radius 3 is 2.82 bits per heavy atom. The molecule has 0 bridgehead atoms. The van der Waals surface area contributed by atoms with Crippen LogP contribution < -0.4 is 10.2 Å². The quantitative estimate of drug-likeness (QED) is 0.625. The van der Waals surface area contributed by atoms with Crippen molar-refractivity contribution in [2.45, 2.75) is 25.8 Å². The fourth-order valence-corrected chi connectivity index (χ4v) is 1.76. The van der Waals surface area contributed by atoms with Crippen molar-refractivity contribution in [3.05, 3.63) is 22.2 Å². The van der Waals surface area contributed by atoms with Crippen LogP contribution in [0.4, 0.5) is 17.3 Å². The molecule has 1 fully saturated rings. The molecule has 92 valence electrons. The molecule has 17 heavy (non-hydrogen) atoms. The lowest BCUT2D eigenvalue weighted by molar-refractivity contribution is -0.384. The Labute approximate surface area is 99.8 Å². The fraction of sp³-hybridized carbons (Fsp3) is 0.545. The molecule has 1 aromatic rings. The first-order valence-corrected chi connectivity index (χ1v) is 5.75. The zero-order chi connectivity index (χ0) is 12.4. The van der Waals surface area contributed by atoms with Crippen LogP contribution in [0.25, 0.3) is 0 Å². The Balaban J connectivity index is 2.35. The molecule has 6 heteroatoms. The van der Waals surface area contributed by atoms with Gasteiger partial charge < -0.3 is 10.2 Å². The van der Waals surface area contributed by atoms with Crippen LogP contribution in [0.3, 0.4) is 0 Å². The molecule has 1 saturated carbocycles. The van der Waals surface area contributed by atoms with Gasteiger partial charge in [-0.25, -0.2) is 4.98 Å². The Morgan fingerprint density at radius 2 is 2.29 bits per heavy atom. The third kappa shape index (κ3) is 2.46. The summed E-state index contributed by atoms with van der Waals surface area (Å²) in [6, 6.07) is 3.56. The number of pyridine rings is 1. The summed E-state index contributed by atoms with van der Waals surface area (Å²) in [5.74, 6) is 1.14. The van der Waals surface area contributed by atoms with Gasteiger partial charge in [-0.15, -0.1) is 0 Å². The van der Waals surface area contributed by atoms with Gasteiger partial charge in [-0.2, -0.15) is 0 Å². The summed E-state index contributed by atoms with van der Waals surface area (Å²) in [4.78, 5) is 16.8. The number of aromatic nitrogens is 1. The number of hydrogen-bond donors (Lipinski definition) is 1. The van der Waals surface area contributed by atoms with Crippen molar-refractivity contribution in [3.8, 4) is 0 Å². The van der Waals surface area contributed by atoms with Crippen LogP contribution in [0, 0.1) is 10.1 Å². The highest BCUT2D eigenvalue weighted by Gasteiger charge is 2.31. The van der Waals surface area contributed by atoms with Gasteiger partial charge in [0, 0.05) is 25.7 Å². The van der Waals surface area contributed by atoms with Gasteiger partial charge in [0.15, 0.2) is 0 Å². The number of nitrogens with one attached hydrogen (secondary N) is 1. The summed E-state index contributed by atoms with van der Waals surface area (Å²) in [6.45, 7) is 2.71. The maximum absolute atomic E-state index is 11.0. The van der Waals surface area contributed by atoms with Crippen LogP contribution in [-0.4, -0.2) is 29.5 Å². The highest BCUT2D eigenvalue weighted by Crippen LogP contribution is 2.34.